The molecule has 0 aliphatic carbocycles. The fourth-order valence-corrected chi connectivity index (χ4v) is 2.82. The summed E-state index contributed by atoms with van der Waals surface area (Å²) in [4.78, 5) is 14.4. The molecule has 1 aromatic carbocycles. The molecule has 1 aromatic rings. The van der Waals surface area contributed by atoms with E-state index in [1.165, 1.54) is 12.5 Å². The predicted molar refractivity (Wildman–Crippen MR) is 74.7 cm³/mol. The summed E-state index contributed by atoms with van der Waals surface area (Å²) in [6, 6.07) is 5.11. The maximum absolute atomic E-state index is 13.9. The number of aryl methyl sites for hydroxylation is 1. The average molecular weight is 263 g/mol. The second-order valence-corrected chi connectivity index (χ2v) is 5.39. The van der Waals surface area contributed by atoms with Crippen LogP contribution in [0.5, 0.6) is 0 Å². The molecule has 1 aliphatic rings. The molecule has 1 atom stereocenters. The van der Waals surface area contributed by atoms with E-state index in [4.69, 9.17) is 0 Å². The minimum absolute atomic E-state index is 0.147. The van der Waals surface area contributed by atoms with Gasteiger partial charge in [-0.05, 0) is 43.9 Å². The molecule has 1 aliphatic heterocycles. The minimum Gasteiger partial charge on any atom is -0.336 e. The number of nitrogens with zero attached hydrogens (tertiary/aromatic N) is 1. The van der Waals surface area contributed by atoms with Gasteiger partial charge in [0.15, 0.2) is 0 Å². The highest BCUT2D eigenvalue weighted by molar-refractivity contribution is 5.94. The van der Waals surface area contributed by atoms with Crippen molar-refractivity contribution in [3.63, 3.8) is 0 Å². The molecule has 2 rings (SSSR count). The van der Waals surface area contributed by atoms with Crippen LogP contribution in [0.1, 0.15) is 54.9 Å². The summed E-state index contributed by atoms with van der Waals surface area (Å²) in [6.45, 7) is 4.69. The van der Waals surface area contributed by atoms with Crippen molar-refractivity contribution in [2.45, 2.75) is 52.0 Å². The Morgan fingerprint density at radius 1 is 1.37 bits per heavy atom. The van der Waals surface area contributed by atoms with Crippen LogP contribution in [0.4, 0.5) is 4.39 Å². The molecular weight excluding hydrogens is 241 g/mol. The Hall–Kier alpha value is -1.38. The number of halogens is 1. The van der Waals surface area contributed by atoms with E-state index < -0.39 is 5.82 Å². The Bertz CT molecular complexity index is 458. The number of benzene rings is 1. The Labute approximate surface area is 114 Å². The number of hydrogen-bond acceptors (Lipinski definition) is 1. The number of carbonyl (C=O) groups excluding carboxylic acids is 1. The van der Waals surface area contributed by atoms with Crippen LogP contribution in [-0.4, -0.2) is 23.4 Å². The zero-order valence-electron chi connectivity index (χ0n) is 11.8. The SMILES string of the molecule is CCC1CCCCCN1C(=O)c1ccc(C)cc1F. The Balaban J connectivity index is 2.25. The maximum Gasteiger partial charge on any atom is 0.257 e. The topological polar surface area (TPSA) is 20.3 Å². The van der Waals surface area contributed by atoms with E-state index in [1.54, 1.807) is 12.1 Å². The highest BCUT2D eigenvalue weighted by Crippen LogP contribution is 2.22. The fraction of sp³-hybridized carbons (Fsp3) is 0.562. The lowest BCUT2D eigenvalue weighted by molar-refractivity contribution is 0.0673. The number of likely N-dealkylation sites (tertiary alicyclic amines) is 1. The summed E-state index contributed by atoms with van der Waals surface area (Å²) < 4.78 is 13.9. The molecule has 0 radical (unpaired) electrons. The van der Waals surface area contributed by atoms with Crippen molar-refractivity contribution >= 4 is 5.91 Å². The first-order chi connectivity index (χ1) is 9.13. The van der Waals surface area contributed by atoms with E-state index in [9.17, 15) is 9.18 Å². The van der Waals surface area contributed by atoms with Gasteiger partial charge in [0, 0.05) is 12.6 Å². The summed E-state index contributed by atoms with van der Waals surface area (Å²) >= 11 is 0. The van der Waals surface area contributed by atoms with E-state index in [2.05, 4.69) is 6.92 Å². The minimum atomic E-state index is -0.399. The quantitative estimate of drug-likeness (QED) is 0.791. The number of rotatable bonds is 2. The van der Waals surface area contributed by atoms with Crippen LogP contribution in [0.25, 0.3) is 0 Å². The van der Waals surface area contributed by atoms with Crippen LogP contribution in [-0.2, 0) is 0 Å². The number of carbonyl (C=O) groups is 1. The lowest BCUT2D eigenvalue weighted by Gasteiger charge is -2.29. The highest BCUT2D eigenvalue weighted by Gasteiger charge is 2.26. The standard InChI is InChI=1S/C16H22FNO/c1-3-13-7-5-4-6-10-18(13)16(19)14-9-8-12(2)11-15(14)17/h8-9,11,13H,3-7,10H2,1-2H3. The molecule has 1 heterocycles. The van der Waals surface area contributed by atoms with Gasteiger partial charge in [0.2, 0.25) is 0 Å². The van der Waals surface area contributed by atoms with Crippen molar-refractivity contribution in [3.05, 3.63) is 35.1 Å². The second kappa shape index (κ2) is 6.18. The summed E-state index contributed by atoms with van der Waals surface area (Å²) in [5, 5.41) is 0. The van der Waals surface area contributed by atoms with Gasteiger partial charge < -0.3 is 4.90 Å². The van der Waals surface area contributed by atoms with E-state index in [-0.39, 0.29) is 17.5 Å². The molecular formula is C16H22FNO. The second-order valence-electron chi connectivity index (χ2n) is 5.39. The van der Waals surface area contributed by atoms with Gasteiger partial charge in [-0.2, -0.15) is 0 Å². The molecule has 2 nitrogen and oxygen atoms in total. The lowest BCUT2D eigenvalue weighted by Crippen LogP contribution is -2.40. The molecule has 1 amide bonds. The molecule has 0 spiro atoms. The monoisotopic (exact) mass is 263 g/mol. The van der Waals surface area contributed by atoms with Crippen molar-refractivity contribution in [1.82, 2.24) is 4.90 Å². The molecule has 1 saturated heterocycles. The molecule has 0 bridgehead atoms. The van der Waals surface area contributed by atoms with Gasteiger partial charge in [-0.25, -0.2) is 4.39 Å². The van der Waals surface area contributed by atoms with E-state index in [1.807, 2.05) is 11.8 Å². The van der Waals surface area contributed by atoms with Gasteiger partial charge in [0.25, 0.3) is 5.91 Å². The average Bonchev–Trinajstić information content (AvgIpc) is 2.63. The van der Waals surface area contributed by atoms with Crippen LogP contribution < -0.4 is 0 Å². The van der Waals surface area contributed by atoms with Crippen molar-refractivity contribution in [2.75, 3.05) is 6.54 Å². The van der Waals surface area contributed by atoms with Crippen molar-refractivity contribution in [1.29, 1.82) is 0 Å². The normalized spacial score (nSPS) is 20.2. The third kappa shape index (κ3) is 3.14. The van der Waals surface area contributed by atoms with Gasteiger partial charge in [-0.3, -0.25) is 4.79 Å². The van der Waals surface area contributed by atoms with Gasteiger partial charge in [-0.15, -0.1) is 0 Å². The number of amides is 1. The van der Waals surface area contributed by atoms with Gasteiger partial charge in [0.1, 0.15) is 5.82 Å². The van der Waals surface area contributed by atoms with Gasteiger partial charge >= 0.3 is 0 Å². The van der Waals surface area contributed by atoms with Crippen LogP contribution >= 0.6 is 0 Å². The molecule has 104 valence electrons. The van der Waals surface area contributed by atoms with E-state index >= 15 is 0 Å². The number of hydrogen-bond donors (Lipinski definition) is 0. The summed E-state index contributed by atoms with van der Waals surface area (Å²) in [5.41, 5.74) is 1.06. The Morgan fingerprint density at radius 2 is 2.16 bits per heavy atom. The van der Waals surface area contributed by atoms with Crippen molar-refractivity contribution in [3.8, 4) is 0 Å². The van der Waals surface area contributed by atoms with Crippen LogP contribution in [0, 0.1) is 12.7 Å². The smallest absolute Gasteiger partial charge is 0.257 e. The van der Waals surface area contributed by atoms with Crippen LogP contribution in [0.2, 0.25) is 0 Å². The molecule has 1 unspecified atom stereocenters. The molecule has 1 fully saturated rings. The van der Waals surface area contributed by atoms with Gasteiger partial charge in [0.05, 0.1) is 5.56 Å². The lowest BCUT2D eigenvalue weighted by atomic mass is 10.1. The summed E-state index contributed by atoms with van der Waals surface area (Å²) in [5.74, 6) is -0.546. The zero-order chi connectivity index (χ0) is 13.8. The van der Waals surface area contributed by atoms with Crippen LogP contribution in [0.15, 0.2) is 18.2 Å². The van der Waals surface area contributed by atoms with Crippen molar-refractivity contribution in [2.24, 2.45) is 0 Å². The van der Waals surface area contributed by atoms with Crippen LogP contribution in [0.3, 0.4) is 0 Å². The van der Waals surface area contributed by atoms with Gasteiger partial charge in [-0.1, -0.05) is 25.8 Å². The third-order valence-corrected chi connectivity index (χ3v) is 3.96. The van der Waals surface area contributed by atoms with E-state index in [0.717, 1.165) is 37.8 Å². The first-order valence-corrected chi connectivity index (χ1v) is 7.20. The zero-order valence-corrected chi connectivity index (χ0v) is 11.8. The molecule has 3 heteroatoms. The largest absolute Gasteiger partial charge is 0.336 e. The summed E-state index contributed by atoms with van der Waals surface area (Å²) in [6.07, 6.45) is 5.33. The molecule has 0 aromatic heterocycles. The fourth-order valence-electron chi connectivity index (χ4n) is 2.82. The molecule has 0 N–H and O–H groups in total. The Morgan fingerprint density at radius 3 is 2.84 bits per heavy atom. The highest BCUT2D eigenvalue weighted by atomic mass is 19.1. The third-order valence-electron chi connectivity index (χ3n) is 3.96. The molecule has 0 saturated carbocycles. The maximum atomic E-state index is 13.9. The van der Waals surface area contributed by atoms with E-state index in [0.29, 0.717) is 0 Å². The molecule has 19 heavy (non-hydrogen) atoms. The summed E-state index contributed by atoms with van der Waals surface area (Å²) in [7, 11) is 0. The van der Waals surface area contributed by atoms with Crippen molar-refractivity contribution < 1.29 is 9.18 Å². The Kier molecular flexibility index (Phi) is 4.56. The predicted octanol–water partition coefficient (Wildman–Crippen LogP) is 3.93. The first-order valence-electron chi connectivity index (χ1n) is 7.20. The first kappa shape index (κ1) is 14.0.